The summed E-state index contributed by atoms with van der Waals surface area (Å²) in [7, 11) is 1.44. The molecule has 0 saturated carbocycles. The topological polar surface area (TPSA) is 38.3 Å². The van der Waals surface area contributed by atoms with Crippen LogP contribution >= 0.6 is 0 Å². The Morgan fingerprint density at radius 1 is 1.39 bits per heavy atom. The van der Waals surface area contributed by atoms with Gasteiger partial charge < -0.3 is 10.1 Å². The molecule has 2 rings (SSSR count). The van der Waals surface area contributed by atoms with E-state index in [1.54, 1.807) is 0 Å². The predicted octanol–water partition coefficient (Wildman–Crippen LogP) is 2.73. The molecule has 1 aromatic rings. The molecule has 1 aliphatic heterocycles. The van der Waals surface area contributed by atoms with Gasteiger partial charge in [-0.1, -0.05) is 39.0 Å². The predicted molar refractivity (Wildman–Crippen MR) is 71.7 cm³/mol. The van der Waals surface area contributed by atoms with Crippen LogP contribution in [0.1, 0.15) is 55.3 Å². The molecule has 2 unspecified atom stereocenters. The lowest BCUT2D eigenvalue weighted by Crippen LogP contribution is -2.37. The van der Waals surface area contributed by atoms with Crippen molar-refractivity contribution in [1.82, 2.24) is 5.32 Å². The van der Waals surface area contributed by atoms with Gasteiger partial charge in [-0.05, 0) is 28.5 Å². The number of carbonyl (C=O) groups is 1. The lowest BCUT2D eigenvalue weighted by atomic mass is 9.85. The third-order valence-corrected chi connectivity index (χ3v) is 3.68. The number of fused-ring (bicyclic) bond motifs is 1. The summed E-state index contributed by atoms with van der Waals surface area (Å²) in [6.07, 6.45) is 0. The standard InChI is InChI=1S/C15H21NO2/c1-9(2)11-5-6-12-10(3)8-16-14(13(12)7-11)15(17)18-4/h5-7,9-10,14,16H,8H2,1-4H3. The lowest BCUT2D eigenvalue weighted by Gasteiger charge is -2.30. The van der Waals surface area contributed by atoms with Crippen LogP contribution in [0.25, 0.3) is 0 Å². The monoisotopic (exact) mass is 247 g/mol. The largest absolute Gasteiger partial charge is 0.468 e. The van der Waals surface area contributed by atoms with Gasteiger partial charge in [-0.2, -0.15) is 0 Å². The van der Waals surface area contributed by atoms with Crippen LogP contribution in [0.15, 0.2) is 18.2 Å². The molecule has 0 fully saturated rings. The highest BCUT2D eigenvalue weighted by Gasteiger charge is 2.30. The van der Waals surface area contributed by atoms with Crippen molar-refractivity contribution < 1.29 is 9.53 Å². The fourth-order valence-electron chi connectivity index (χ4n) is 2.49. The SMILES string of the molecule is COC(=O)C1NCC(C)c2ccc(C(C)C)cc21. The second-order valence-electron chi connectivity index (χ2n) is 5.31. The van der Waals surface area contributed by atoms with Crippen molar-refractivity contribution in [1.29, 1.82) is 0 Å². The number of rotatable bonds is 2. The van der Waals surface area contributed by atoms with Gasteiger partial charge in [-0.3, -0.25) is 0 Å². The van der Waals surface area contributed by atoms with E-state index < -0.39 is 0 Å². The molecule has 3 nitrogen and oxygen atoms in total. The smallest absolute Gasteiger partial charge is 0.327 e. The molecule has 0 saturated heterocycles. The van der Waals surface area contributed by atoms with Crippen LogP contribution in [0.3, 0.4) is 0 Å². The summed E-state index contributed by atoms with van der Waals surface area (Å²) in [5.41, 5.74) is 3.60. The Labute approximate surface area is 109 Å². The molecule has 3 heteroatoms. The van der Waals surface area contributed by atoms with Crippen LogP contribution in [-0.4, -0.2) is 19.6 Å². The number of hydrogen-bond acceptors (Lipinski definition) is 3. The van der Waals surface area contributed by atoms with Crippen molar-refractivity contribution in [2.45, 2.75) is 38.6 Å². The van der Waals surface area contributed by atoms with E-state index in [1.165, 1.54) is 18.2 Å². The molecule has 0 amide bonds. The average Bonchev–Trinajstić information content (AvgIpc) is 2.38. The summed E-state index contributed by atoms with van der Waals surface area (Å²) in [4.78, 5) is 11.8. The first-order valence-electron chi connectivity index (χ1n) is 6.49. The van der Waals surface area contributed by atoms with Gasteiger partial charge in [-0.25, -0.2) is 4.79 Å². The first-order chi connectivity index (χ1) is 8.54. The lowest BCUT2D eigenvalue weighted by molar-refractivity contribution is -0.143. The molecule has 18 heavy (non-hydrogen) atoms. The van der Waals surface area contributed by atoms with E-state index in [0.717, 1.165) is 12.1 Å². The minimum atomic E-state index is -0.320. The van der Waals surface area contributed by atoms with Gasteiger partial charge in [0.05, 0.1) is 7.11 Å². The minimum absolute atomic E-state index is 0.205. The molecule has 98 valence electrons. The fraction of sp³-hybridized carbons (Fsp3) is 0.533. The number of benzene rings is 1. The van der Waals surface area contributed by atoms with Crippen molar-refractivity contribution in [2.24, 2.45) is 0 Å². The van der Waals surface area contributed by atoms with Crippen molar-refractivity contribution >= 4 is 5.97 Å². The second-order valence-corrected chi connectivity index (χ2v) is 5.31. The molecular formula is C15H21NO2. The van der Waals surface area contributed by atoms with E-state index in [0.29, 0.717) is 11.8 Å². The van der Waals surface area contributed by atoms with Crippen molar-refractivity contribution in [2.75, 3.05) is 13.7 Å². The Kier molecular flexibility index (Phi) is 3.71. The van der Waals surface area contributed by atoms with E-state index in [9.17, 15) is 4.79 Å². The van der Waals surface area contributed by atoms with Crippen LogP contribution in [-0.2, 0) is 9.53 Å². The van der Waals surface area contributed by atoms with E-state index in [2.05, 4.69) is 44.3 Å². The molecule has 1 N–H and O–H groups in total. The molecule has 1 aliphatic rings. The normalized spacial score (nSPS) is 22.7. The number of hydrogen-bond donors (Lipinski definition) is 1. The van der Waals surface area contributed by atoms with Crippen LogP contribution in [0.4, 0.5) is 0 Å². The summed E-state index contributed by atoms with van der Waals surface area (Å²) in [5.74, 6) is 0.692. The second kappa shape index (κ2) is 5.11. The van der Waals surface area contributed by atoms with Crippen LogP contribution in [0.5, 0.6) is 0 Å². The number of carbonyl (C=O) groups excluding carboxylic acids is 1. The van der Waals surface area contributed by atoms with Gasteiger partial charge >= 0.3 is 5.97 Å². The third-order valence-electron chi connectivity index (χ3n) is 3.68. The highest BCUT2D eigenvalue weighted by atomic mass is 16.5. The first-order valence-corrected chi connectivity index (χ1v) is 6.49. The molecule has 0 bridgehead atoms. The van der Waals surface area contributed by atoms with Gasteiger partial charge in [0.25, 0.3) is 0 Å². The fourth-order valence-corrected chi connectivity index (χ4v) is 2.49. The van der Waals surface area contributed by atoms with Crippen LogP contribution in [0, 0.1) is 0 Å². The minimum Gasteiger partial charge on any atom is -0.468 e. The van der Waals surface area contributed by atoms with Gasteiger partial charge in [0.1, 0.15) is 6.04 Å². The Morgan fingerprint density at radius 3 is 2.72 bits per heavy atom. The zero-order valence-electron chi connectivity index (χ0n) is 11.5. The molecule has 2 atom stereocenters. The van der Waals surface area contributed by atoms with Crippen molar-refractivity contribution in [3.05, 3.63) is 34.9 Å². The van der Waals surface area contributed by atoms with Crippen molar-refractivity contribution in [3.8, 4) is 0 Å². The maximum Gasteiger partial charge on any atom is 0.327 e. The van der Waals surface area contributed by atoms with Gasteiger partial charge in [0, 0.05) is 6.54 Å². The van der Waals surface area contributed by atoms with Gasteiger partial charge in [0.2, 0.25) is 0 Å². The first kappa shape index (κ1) is 13.1. The molecule has 0 aliphatic carbocycles. The van der Waals surface area contributed by atoms with Gasteiger partial charge in [-0.15, -0.1) is 0 Å². The molecule has 1 heterocycles. The third kappa shape index (κ3) is 2.27. The van der Waals surface area contributed by atoms with E-state index in [-0.39, 0.29) is 12.0 Å². The zero-order chi connectivity index (χ0) is 13.3. The number of methoxy groups -OCH3 is 1. The Morgan fingerprint density at radius 2 is 2.11 bits per heavy atom. The summed E-state index contributed by atoms with van der Waals surface area (Å²) in [6.45, 7) is 7.31. The zero-order valence-corrected chi connectivity index (χ0v) is 11.5. The molecule has 0 radical (unpaired) electrons. The summed E-state index contributed by atoms with van der Waals surface area (Å²) in [6, 6.07) is 6.15. The van der Waals surface area contributed by atoms with Crippen LogP contribution in [0.2, 0.25) is 0 Å². The highest BCUT2D eigenvalue weighted by molar-refractivity contribution is 5.78. The highest BCUT2D eigenvalue weighted by Crippen LogP contribution is 2.32. The quantitative estimate of drug-likeness (QED) is 0.817. The number of nitrogens with one attached hydrogen (secondary N) is 1. The molecule has 1 aromatic carbocycles. The van der Waals surface area contributed by atoms with E-state index >= 15 is 0 Å². The van der Waals surface area contributed by atoms with Crippen molar-refractivity contribution in [3.63, 3.8) is 0 Å². The molecular weight excluding hydrogens is 226 g/mol. The van der Waals surface area contributed by atoms with Crippen LogP contribution < -0.4 is 5.32 Å². The molecule has 0 spiro atoms. The number of ether oxygens (including phenoxy) is 1. The summed E-state index contributed by atoms with van der Waals surface area (Å²) in [5, 5.41) is 3.27. The van der Waals surface area contributed by atoms with E-state index in [4.69, 9.17) is 4.74 Å². The Hall–Kier alpha value is -1.35. The number of esters is 1. The van der Waals surface area contributed by atoms with E-state index in [1.807, 2.05) is 0 Å². The Balaban J connectivity index is 2.46. The average molecular weight is 247 g/mol. The summed E-state index contributed by atoms with van der Waals surface area (Å²) >= 11 is 0. The van der Waals surface area contributed by atoms with Gasteiger partial charge in [0.15, 0.2) is 0 Å². The Bertz CT molecular complexity index is 454. The maximum absolute atomic E-state index is 11.8. The molecule has 0 aromatic heterocycles. The summed E-state index contributed by atoms with van der Waals surface area (Å²) < 4.78 is 4.88. The maximum atomic E-state index is 11.8.